The van der Waals surface area contributed by atoms with E-state index in [4.69, 9.17) is 0 Å². The predicted octanol–water partition coefficient (Wildman–Crippen LogP) is 0.902. The fourth-order valence-corrected chi connectivity index (χ4v) is 1.99. The largest absolute Gasteiger partial charge is 0.356 e. The molecule has 1 saturated heterocycles. The molecule has 2 rings (SSSR count). The lowest BCUT2D eigenvalue weighted by molar-refractivity contribution is -0.125. The zero-order valence-corrected chi connectivity index (χ0v) is 8.72. The van der Waals surface area contributed by atoms with Gasteiger partial charge in [-0.1, -0.05) is 0 Å². The molecule has 0 aromatic carbocycles. The number of hydrogen-bond donors (Lipinski definition) is 2. The molecule has 1 aliphatic heterocycles. The molecule has 14 heavy (non-hydrogen) atoms. The van der Waals surface area contributed by atoms with Crippen LogP contribution in [0, 0.1) is 11.8 Å². The molecule has 0 bridgehead atoms. The van der Waals surface area contributed by atoms with Crippen LogP contribution in [0.4, 0.5) is 0 Å². The van der Waals surface area contributed by atoms with E-state index in [1.165, 1.54) is 12.8 Å². The molecular weight excluding hydrogens is 176 g/mol. The molecule has 80 valence electrons. The highest BCUT2D eigenvalue weighted by Gasteiger charge is 2.24. The molecule has 0 spiro atoms. The minimum absolute atomic E-state index is 0.267. The number of nitrogens with one attached hydrogen (secondary N) is 2. The Bertz CT molecular complexity index is 193. The van der Waals surface area contributed by atoms with E-state index in [1.807, 2.05) is 0 Å². The molecule has 2 fully saturated rings. The first-order valence-corrected chi connectivity index (χ1v) is 5.84. The maximum atomic E-state index is 11.7. The van der Waals surface area contributed by atoms with Gasteiger partial charge < -0.3 is 10.6 Å². The number of carbonyl (C=O) groups excluding carboxylic acids is 1. The van der Waals surface area contributed by atoms with Gasteiger partial charge in [0.1, 0.15) is 0 Å². The lowest BCUT2D eigenvalue weighted by Gasteiger charge is -2.13. The average Bonchev–Trinajstić information content (AvgIpc) is 3.01. The molecule has 0 aromatic rings. The van der Waals surface area contributed by atoms with Crippen molar-refractivity contribution in [2.24, 2.45) is 11.8 Å². The molecule has 3 heteroatoms. The van der Waals surface area contributed by atoms with Crippen LogP contribution in [0.2, 0.25) is 0 Å². The lowest BCUT2D eigenvalue weighted by atomic mass is 10.00. The first kappa shape index (κ1) is 9.97. The minimum atomic E-state index is 0.267. The van der Waals surface area contributed by atoms with Crippen LogP contribution in [0.3, 0.4) is 0 Å². The van der Waals surface area contributed by atoms with Crippen LogP contribution < -0.4 is 10.6 Å². The number of amides is 1. The van der Waals surface area contributed by atoms with Crippen molar-refractivity contribution in [2.45, 2.75) is 32.1 Å². The molecule has 1 aliphatic carbocycles. The van der Waals surface area contributed by atoms with Crippen molar-refractivity contribution < 1.29 is 4.79 Å². The van der Waals surface area contributed by atoms with Crippen LogP contribution in [-0.2, 0) is 4.79 Å². The fourth-order valence-electron chi connectivity index (χ4n) is 1.99. The van der Waals surface area contributed by atoms with Gasteiger partial charge in [0.25, 0.3) is 0 Å². The third kappa shape index (κ3) is 2.98. The Kier molecular flexibility index (Phi) is 3.40. The minimum Gasteiger partial charge on any atom is -0.356 e. The Balaban J connectivity index is 1.70. The van der Waals surface area contributed by atoms with Crippen LogP contribution >= 0.6 is 0 Å². The van der Waals surface area contributed by atoms with Gasteiger partial charge in [0.15, 0.2) is 0 Å². The Morgan fingerprint density at radius 1 is 1.21 bits per heavy atom. The lowest BCUT2D eigenvalue weighted by Crippen LogP contribution is -2.32. The van der Waals surface area contributed by atoms with Crippen LogP contribution in [0.15, 0.2) is 0 Å². The maximum absolute atomic E-state index is 11.7. The Morgan fingerprint density at radius 3 is 2.86 bits per heavy atom. The van der Waals surface area contributed by atoms with Crippen molar-refractivity contribution in [1.82, 2.24) is 10.6 Å². The molecule has 1 saturated carbocycles. The van der Waals surface area contributed by atoms with Gasteiger partial charge >= 0.3 is 0 Å². The molecule has 1 unspecified atom stereocenters. The van der Waals surface area contributed by atoms with E-state index in [0.29, 0.717) is 5.91 Å². The van der Waals surface area contributed by atoms with Gasteiger partial charge in [-0.25, -0.2) is 0 Å². The predicted molar refractivity (Wildman–Crippen MR) is 55.9 cm³/mol. The van der Waals surface area contributed by atoms with Crippen LogP contribution in [0.25, 0.3) is 0 Å². The molecule has 2 N–H and O–H groups in total. The molecule has 0 aromatic heterocycles. The Morgan fingerprint density at radius 2 is 2.07 bits per heavy atom. The Hall–Kier alpha value is -0.570. The van der Waals surface area contributed by atoms with E-state index in [1.54, 1.807) is 0 Å². The molecule has 1 amide bonds. The summed E-state index contributed by atoms with van der Waals surface area (Å²) in [5.41, 5.74) is 0. The summed E-state index contributed by atoms with van der Waals surface area (Å²) >= 11 is 0. The van der Waals surface area contributed by atoms with E-state index in [0.717, 1.165) is 44.8 Å². The summed E-state index contributed by atoms with van der Waals surface area (Å²) in [6, 6.07) is 0. The molecule has 0 radical (unpaired) electrons. The third-order valence-corrected chi connectivity index (χ3v) is 3.21. The van der Waals surface area contributed by atoms with Crippen molar-refractivity contribution in [3.05, 3.63) is 0 Å². The standard InChI is InChI=1S/C11H20N2O/c14-11(13-8-9-3-4-9)10-2-1-6-12-7-5-10/h9-10,12H,1-8H2,(H,13,14). The first-order chi connectivity index (χ1) is 6.86. The highest BCUT2D eigenvalue weighted by atomic mass is 16.1. The Labute approximate surface area is 85.6 Å². The number of hydrogen-bond acceptors (Lipinski definition) is 2. The summed E-state index contributed by atoms with van der Waals surface area (Å²) < 4.78 is 0. The highest BCUT2D eigenvalue weighted by molar-refractivity contribution is 5.78. The summed E-state index contributed by atoms with van der Waals surface area (Å²) in [6.45, 7) is 3.00. The fraction of sp³-hybridized carbons (Fsp3) is 0.909. The quantitative estimate of drug-likeness (QED) is 0.704. The number of rotatable bonds is 3. The van der Waals surface area contributed by atoms with Gasteiger partial charge in [0.05, 0.1) is 0 Å². The molecule has 2 aliphatic rings. The van der Waals surface area contributed by atoms with Crippen molar-refractivity contribution in [3.63, 3.8) is 0 Å². The van der Waals surface area contributed by atoms with E-state index >= 15 is 0 Å². The average molecular weight is 196 g/mol. The highest BCUT2D eigenvalue weighted by Crippen LogP contribution is 2.27. The van der Waals surface area contributed by atoms with Crippen molar-refractivity contribution in [2.75, 3.05) is 19.6 Å². The van der Waals surface area contributed by atoms with Crippen molar-refractivity contribution in [1.29, 1.82) is 0 Å². The smallest absolute Gasteiger partial charge is 0.223 e. The van der Waals surface area contributed by atoms with Gasteiger partial charge in [-0.3, -0.25) is 4.79 Å². The van der Waals surface area contributed by atoms with E-state index in [2.05, 4.69) is 10.6 Å². The first-order valence-electron chi connectivity index (χ1n) is 5.84. The maximum Gasteiger partial charge on any atom is 0.223 e. The molecule has 1 heterocycles. The van der Waals surface area contributed by atoms with E-state index < -0.39 is 0 Å². The van der Waals surface area contributed by atoms with Gasteiger partial charge in [-0.15, -0.1) is 0 Å². The van der Waals surface area contributed by atoms with Crippen LogP contribution in [-0.4, -0.2) is 25.5 Å². The van der Waals surface area contributed by atoms with Crippen LogP contribution in [0.5, 0.6) is 0 Å². The van der Waals surface area contributed by atoms with E-state index in [-0.39, 0.29) is 5.92 Å². The topological polar surface area (TPSA) is 41.1 Å². The van der Waals surface area contributed by atoms with Gasteiger partial charge in [-0.2, -0.15) is 0 Å². The summed E-state index contributed by atoms with van der Waals surface area (Å²) in [5, 5.41) is 6.40. The zero-order chi connectivity index (χ0) is 9.80. The van der Waals surface area contributed by atoms with E-state index in [9.17, 15) is 4.79 Å². The second kappa shape index (κ2) is 4.78. The molecular formula is C11H20N2O. The van der Waals surface area contributed by atoms with Crippen molar-refractivity contribution >= 4 is 5.91 Å². The second-order valence-corrected chi connectivity index (χ2v) is 4.57. The van der Waals surface area contributed by atoms with Crippen molar-refractivity contribution in [3.8, 4) is 0 Å². The van der Waals surface area contributed by atoms with Gasteiger partial charge in [0, 0.05) is 12.5 Å². The second-order valence-electron chi connectivity index (χ2n) is 4.57. The molecule has 1 atom stereocenters. The third-order valence-electron chi connectivity index (χ3n) is 3.21. The SMILES string of the molecule is O=C(NCC1CC1)C1CCCNCC1. The summed E-state index contributed by atoms with van der Waals surface area (Å²) in [6.07, 6.45) is 5.83. The van der Waals surface area contributed by atoms with Gasteiger partial charge in [0.2, 0.25) is 5.91 Å². The summed E-state index contributed by atoms with van der Waals surface area (Å²) in [5.74, 6) is 1.35. The van der Waals surface area contributed by atoms with Gasteiger partial charge in [-0.05, 0) is 51.1 Å². The normalized spacial score (nSPS) is 28.1. The van der Waals surface area contributed by atoms with Crippen LogP contribution in [0.1, 0.15) is 32.1 Å². The number of carbonyl (C=O) groups is 1. The molecule has 3 nitrogen and oxygen atoms in total. The summed E-state index contributed by atoms with van der Waals surface area (Å²) in [4.78, 5) is 11.7. The zero-order valence-electron chi connectivity index (χ0n) is 8.72. The monoisotopic (exact) mass is 196 g/mol. The summed E-state index contributed by atoms with van der Waals surface area (Å²) in [7, 11) is 0.